The first-order chi connectivity index (χ1) is 8.08. The summed E-state index contributed by atoms with van der Waals surface area (Å²) >= 11 is 7.58. The van der Waals surface area contributed by atoms with Gasteiger partial charge in [0.25, 0.3) is 0 Å². The number of nitrogens with zero attached hydrogens (tertiary/aromatic N) is 4. The predicted octanol–water partition coefficient (Wildman–Crippen LogP) is 2.66. The van der Waals surface area contributed by atoms with Crippen LogP contribution in [-0.2, 0) is 13.6 Å². The third kappa shape index (κ3) is 2.76. The van der Waals surface area contributed by atoms with Gasteiger partial charge in [-0.2, -0.15) is 5.10 Å². The third-order valence-corrected chi connectivity index (χ3v) is 3.85. The van der Waals surface area contributed by atoms with Crippen LogP contribution in [0.15, 0.2) is 6.20 Å². The van der Waals surface area contributed by atoms with Crippen LogP contribution >= 0.6 is 22.9 Å². The highest BCUT2D eigenvalue weighted by atomic mass is 35.5. The number of nitrogens with one attached hydrogen (secondary N) is 1. The molecule has 2 aromatic rings. The Morgan fingerprint density at radius 1 is 1.47 bits per heavy atom. The number of hydrogen-bond acceptors (Lipinski definition) is 5. The zero-order chi connectivity index (χ0) is 12.4. The van der Waals surface area contributed by atoms with Crippen molar-refractivity contribution >= 4 is 28.1 Å². The molecule has 0 unspecified atom stereocenters. The van der Waals surface area contributed by atoms with Gasteiger partial charge in [-0.3, -0.25) is 4.68 Å². The molecule has 0 spiro atoms. The molecule has 0 saturated carbocycles. The van der Waals surface area contributed by atoms with Crippen LogP contribution < -0.4 is 5.32 Å². The molecule has 5 nitrogen and oxygen atoms in total. The van der Waals surface area contributed by atoms with Crippen LogP contribution in [0.4, 0.5) is 5.13 Å². The minimum Gasteiger partial charge on any atom is -0.354 e. The summed E-state index contributed by atoms with van der Waals surface area (Å²) in [4.78, 5) is 0. The number of aromatic nitrogens is 4. The van der Waals surface area contributed by atoms with Crippen molar-refractivity contribution in [1.29, 1.82) is 0 Å². The summed E-state index contributed by atoms with van der Waals surface area (Å²) in [5, 5.41) is 18.0. The Bertz CT molecular complexity index is 485. The summed E-state index contributed by atoms with van der Waals surface area (Å²) in [7, 11) is 1.86. The van der Waals surface area contributed by atoms with Gasteiger partial charge >= 0.3 is 0 Å². The van der Waals surface area contributed by atoms with E-state index in [2.05, 4.69) is 34.5 Å². The second kappa shape index (κ2) is 5.01. The van der Waals surface area contributed by atoms with Gasteiger partial charge in [-0.1, -0.05) is 36.8 Å². The quantitative estimate of drug-likeness (QED) is 0.929. The molecule has 17 heavy (non-hydrogen) atoms. The second-order valence-electron chi connectivity index (χ2n) is 4.02. The van der Waals surface area contributed by atoms with E-state index in [0.717, 1.165) is 15.8 Å². The van der Waals surface area contributed by atoms with Gasteiger partial charge in [-0.05, 0) is 0 Å². The molecule has 0 radical (unpaired) electrons. The van der Waals surface area contributed by atoms with Crippen LogP contribution in [0, 0.1) is 0 Å². The zero-order valence-corrected chi connectivity index (χ0v) is 11.5. The third-order valence-electron chi connectivity index (χ3n) is 2.35. The highest BCUT2D eigenvalue weighted by Crippen LogP contribution is 2.23. The highest BCUT2D eigenvalue weighted by molar-refractivity contribution is 7.15. The Morgan fingerprint density at radius 3 is 2.76 bits per heavy atom. The first-order valence-corrected chi connectivity index (χ1v) is 6.51. The molecule has 0 fully saturated rings. The Balaban J connectivity index is 2.02. The molecule has 2 aromatic heterocycles. The van der Waals surface area contributed by atoms with Gasteiger partial charge < -0.3 is 5.32 Å². The lowest BCUT2D eigenvalue weighted by molar-refractivity contribution is 0.720. The van der Waals surface area contributed by atoms with E-state index in [1.165, 1.54) is 0 Å². The number of hydrogen-bond donors (Lipinski definition) is 1. The van der Waals surface area contributed by atoms with Crippen LogP contribution in [0.2, 0.25) is 5.02 Å². The Hall–Kier alpha value is -1.14. The SMILES string of the molecule is CC(C)c1nnc(NCc2c(Cl)cnn2C)s1. The van der Waals surface area contributed by atoms with Crippen LogP contribution in [-0.4, -0.2) is 20.0 Å². The van der Waals surface area contributed by atoms with E-state index in [9.17, 15) is 0 Å². The fourth-order valence-corrected chi connectivity index (χ4v) is 2.31. The summed E-state index contributed by atoms with van der Waals surface area (Å²) in [6.45, 7) is 4.80. The lowest BCUT2D eigenvalue weighted by Crippen LogP contribution is -2.05. The van der Waals surface area contributed by atoms with Crippen molar-refractivity contribution in [1.82, 2.24) is 20.0 Å². The van der Waals surface area contributed by atoms with Crippen LogP contribution in [0.3, 0.4) is 0 Å². The van der Waals surface area contributed by atoms with E-state index in [1.54, 1.807) is 22.2 Å². The van der Waals surface area contributed by atoms with Crippen molar-refractivity contribution in [3.63, 3.8) is 0 Å². The van der Waals surface area contributed by atoms with Gasteiger partial charge in [-0.15, -0.1) is 10.2 Å². The van der Waals surface area contributed by atoms with Gasteiger partial charge in [0.2, 0.25) is 5.13 Å². The first kappa shape index (κ1) is 12.3. The first-order valence-electron chi connectivity index (χ1n) is 5.31. The van der Waals surface area contributed by atoms with Gasteiger partial charge in [-0.25, -0.2) is 0 Å². The molecule has 2 rings (SSSR count). The molecule has 92 valence electrons. The number of rotatable bonds is 4. The lowest BCUT2D eigenvalue weighted by Gasteiger charge is -2.03. The van der Waals surface area contributed by atoms with E-state index < -0.39 is 0 Å². The summed E-state index contributed by atoms with van der Waals surface area (Å²) in [5.41, 5.74) is 0.938. The molecule has 0 aromatic carbocycles. The van der Waals surface area contributed by atoms with E-state index in [4.69, 9.17) is 11.6 Å². The normalized spacial score (nSPS) is 11.1. The van der Waals surface area contributed by atoms with E-state index >= 15 is 0 Å². The van der Waals surface area contributed by atoms with Crippen molar-refractivity contribution in [3.05, 3.63) is 21.9 Å². The smallest absolute Gasteiger partial charge is 0.206 e. The maximum atomic E-state index is 6.01. The highest BCUT2D eigenvalue weighted by Gasteiger charge is 2.09. The fraction of sp³-hybridized carbons (Fsp3) is 0.500. The van der Waals surface area contributed by atoms with Gasteiger partial charge in [0.05, 0.1) is 23.5 Å². The molecule has 0 bridgehead atoms. The van der Waals surface area contributed by atoms with Crippen molar-refractivity contribution in [3.8, 4) is 0 Å². The minimum atomic E-state index is 0.406. The van der Waals surface area contributed by atoms with E-state index in [1.807, 2.05) is 7.05 Å². The molecule has 0 atom stereocenters. The molecule has 0 aliphatic heterocycles. The summed E-state index contributed by atoms with van der Waals surface area (Å²) < 4.78 is 1.75. The van der Waals surface area contributed by atoms with Gasteiger partial charge in [0.15, 0.2) is 0 Å². The average molecular weight is 272 g/mol. The molecule has 0 saturated heterocycles. The van der Waals surface area contributed by atoms with Gasteiger partial charge in [0.1, 0.15) is 5.01 Å². The number of anilines is 1. The van der Waals surface area contributed by atoms with Crippen molar-refractivity contribution in [2.75, 3.05) is 5.32 Å². The molecule has 0 aliphatic rings. The standard InChI is InChI=1S/C10H14ClN5S/c1-6(2)9-14-15-10(17-9)12-5-8-7(11)4-13-16(8)3/h4,6H,5H2,1-3H3,(H,12,15). The van der Waals surface area contributed by atoms with E-state index in [0.29, 0.717) is 17.5 Å². The predicted molar refractivity (Wildman–Crippen MR) is 69.5 cm³/mol. The number of halogens is 1. The lowest BCUT2D eigenvalue weighted by atomic mass is 10.2. The Kier molecular flexibility index (Phi) is 3.63. The fourth-order valence-electron chi connectivity index (χ4n) is 1.33. The molecule has 0 amide bonds. The van der Waals surface area contributed by atoms with Crippen LogP contribution in [0.25, 0.3) is 0 Å². The summed E-state index contributed by atoms with van der Waals surface area (Å²) in [5.74, 6) is 0.406. The Morgan fingerprint density at radius 2 is 2.24 bits per heavy atom. The second-order valence-corrected chi connectivity index (χ2v) is 5.43. The maximum absolute atomic E-state index is 6.01. The average Bonchev–Trinajstić information content (AvgIpc) is 2.85. The summed E-state index contributed by atoms with van der Waals surface area (Å²) in [6, 6.07) is 0. The van der Waals surface area contributed by atoms with Crippen LogP contribution in [0.5, 0.6) is 0 Å². The molecule has 0 aliphatic carbocycles. The van der Waals surface area contributed by atoms with Crippen molar-refractivity contribution < 1.29 is 0 Å². The summed E-state index contributed by atoms with van der Waals surface area (Å²) in [6.07, 6.45) is 1.64. The van der Waals surface area contributed by atoms with Gasteiger partial charge in [0, 0.05) is 13.0 Å². The largest absolute Gasteiger partial charge is 0.354 e. The molecule has 2 heterocycles. The van der Waals surface area contributed by atoms with E-state index in [-0.39, 0.29) is 0 Å². The molecular formula is C10H14ClN5S. The van der Waals surface area contributed by atoms with Crippen molar-refractivity contribution in [2.24, 2.45) is 7.05 Å². The Labute approximate surface area is 109 Å². The maximum Gasteiger partial charge on any atom is 0.206 e. The zero-order valence-electron chi connectivity index (χ0n) is 9.94. The minimum absolute atomic E-state index is 0.406. The molecular weight excluding hydrogens is 258 g/mol. The number of aryl methyl sites for hydroxylation is 1. The molecule has 1 N–H and O–H groups in total. The monoisotopic (exact) mass is 271 g/mol. The van der Waals surface area contributed by atoms with Crippen molar-refractivity contribution in [2.45, 2.75) is 26.3 Å². The van der Waals surface area contributed by atoms with Crippen LogP contribution in [0.1, 0.15) is 30.5 Å². The molecule has 7 heteroatoms. The topological polar surface area (TPSA) is 55.6 Å².